The second-order valence-corrected chi connectivity index (χ2v) is 8.88. The molecule has 0 bridgehead atoms. The molecule has 2 N–H and O–H groups in total. The van der Waals surface area contributed by atoms with E-state index in [-0.39, 0.29) is 30.6 Å². The molecule has 148 valence electrons. The summed E-state index contributed by atoms with van der Waals surface area (Å²) in [6.45, 7) is 3.44. The van der Waals surface area contributed by atoms with E-state index in [9.17, 15) is 23.1 Å². The van der Waals surface area contributed by atoms with Crippen LogP contribution in [-0.4, -0.2) is 47.8 Å². The number of nitrogens with one attached hydrogen (secondary N) is 1. The number of amides is 1. The van der Waals surface area contributed by atoms with Crippen LogP contribution in [0.1, 0.15) is 32.5 Å². The number of nitrogens with zero attached hydrogens (tertiary/aromatic N) is 2. The Labute approximate surface area is 158 Å². The Kier molecular flexibility index (Phi) is 6.25. The van der Waals surface area contributed by atoms with Crippen molar-refractivity contribution in [2.75, 3.05) is 12.8 Å². The summed E-state index contributed by atoms with van der Waals surface area (Å²) in [5.74, 6) is -1.33. The Morgan fingerprint density at radius 2 is 1.85 bits per heavy atom. The van der Waals surface area contributed by atoms with Crippen LogP contribution < -0.4 is 5.32 Å². The average Bonchev–Trinajstić information content (AvgIpc) is 2.91. The van der Waals surface area contributed by atoms with Gasteiger partial charge in [-0.3, -0.25) is 9.59 Å². The minimum Gasteiger partial charge on any atom is -0.481 e. The van der Waals surface area contributed by atoms with Gasteiger partial charge in [0.25, 0.3) is 0 Å². The summed E-state index contributed by atoms with van der Waals surface area (Å²) in [5.41, 5.74) is 0.246. The van der Waals surface area contributed by atoms with Crippen LogP contribution in [0.3, 0.4) is 0 Å². The summed E-state index contributed by atoms with van der Waals surface area (Å²) in [5, 5.41) is 12.2. The number of carboxylic acid groups (broad SMARTS) is 1. The lowest BCUT2D eigenvalue weighted by molar-refractivity contribution is -0.149. The van der Waals surface area contributed by atoms with Crippen LogP contribution in [-0.2, 0) is 31.7 Å². The Hall–Kier alpha value is -2.42. The van der Waals surface area contributed by atoms with Crippen molar-refractivity contribution in [3.8, 4) is 0 Å². The molecule has 0 radical (unpaired) electrons. The molecule has 0 unspecified atom stereocenters. The number of imidazole rings is 1. The molecule has 0 saturated heterocycles. The van der Waals surface area contributed by atoms with Crippen LogP contribution >= 0.6 is 0 Å². The SMILES string of the molecule is CCC(CC)(CNC(=O)Cn1c(CS(C)(=O)=O)nc2ccccc21)C(=O)O. The van der Waals surface area contributed by atoms with E-state index in [1.54, 1.807) is 42.7 Å². The third kappa shape index (κ3) is 4.85. The standard InChI is InChI=1S/C18H25N3O5S/c1-4-18(5-2,17(23)24)12-19-16(22)10-21-14-9-7-6-8-13(14)20-15(21)11-27(3,25)26/h6-9H,4-5,10-12H2,1-3H3,(H,19,22)(H,23,24). The molecule has 1 amide bonds. The van der Waals surface area contributed by atoms with Gasteiger partial charge in [0.1, 0.15) is 18.1 Å². The first kappa shape index (κ1) is 20.9. The lowest BCUT2D eigenvalue weighted by Gasteiger charge is -2.26. The van der Waals surface area contributed by atoms with Gasteiger partial charge < -0.3 is 15.0 Å². The quantitative estimate of drug-likeness (QED) is 0.666. The molecule has 1 heterocycles. The highest BCUT2D eigenvalue weighted by molar-refractivity contribution is 7.89. The van der Waals surface area contributed by atoms with Gasteiger partial charge in [-0.25, -0.2) is 13.4 Å². The maximum absolute atomic E-state index is 12.5. The molecular weight excluding hydrogens is 370 g/mol. The molecule has 0 aliphatic heterocycles. The van der Waals surface area contributed by atoms with Gasteiger partial charge in [0, 0.05) is 12.8 Å². The molecule has 2 aromatic rings. The van der Waals surface area contributed by atoms with Gasteiger partial charge in [0.15, 0.2) is 9.84 Å². The van der Waals surface area contributed by atoms with Gasteiger partial charge in [-0.05, 0) is 25.0 Å². The highest BCUT2D eigenvalue weighted by Crippen LogP contribution is 2.25. The van der Waals surface area contributed by atoms with E-state index in [2.05, 4.69) is 10.3 Å². The lowest BCUT2D eigenvalue weighted by Crippen LogP contribution is -2.43. The molecule has 0 spiro atoms. The number of hydrogen-bond acceptors (Lipinski definition) is 5. The van der Waals surface area contributed by atoms with Gasteiger partial charge in [-0.1, -0.05) is 26.0 Å². The first-order chi connectivity index (χ1) is 12.6. The van der Waals surface area contributed by atoms with Crippen LogP contribution in [0.25, 0.3) is 11.0 Å². The normalized spacial score (nSPS) is 12.3. The minimum absolute atomic E-state index is 0.0161. The summed E-state index contributed by atoms with van der Waals surface area (Å²) in [6, 6.07) is 7.08. The van der Waals surface area contributed by atoms with Crippen LogP contribution in [0, 0.1) is 5.41 Å². The van der Waals surface area contributed by atoms with Gasteiger partial charge >= 0.3 is 5.97 Å². The largest absolute Gasteiger partial charge is 0.481 e. The number of carbonyl (C=O) groups is 2. The monoisotopic (exact) mass is 395 g/mol. The van der Waals surface area contributed by atoms with Crippen LogP contribution in [0.4, 0.5) is 0 Å². The van der Waals surface area contributed by atoms with Crippen molar-refractivity contribution < 1.29 is 23.1 Å². The van der Waals surface area contributed by atoms with Gasteiger partial charge in [0.2, 0.25) is 5.91 Å². The van der Waals surface area contributed by atoms with Crippen molar-refractivity contribution in [1.82, 2.24) is 14.9 Å². The first-order valence-corrected chi connectivity index (χ1v) is 10.8. The molecule has 9 heteroatoms. The number of fused-ring (bicyclic) bond motifs is 1. The molecule has 2 rings (SSSR count). The average molecular weight is 395 g/mol. The molecule has 0 aliphatic carbocycles. The zero-order chi connectivity index (χ0) is 20.2. The predicted molar refractivity (Wildman–Crippen MR) is 102 cm³/mol. The van der Waals surface area contributed by atoms with Crippen molar-refractivity contribution in [2.45, 2.75) is 39.0 Å². The van der Waals surface area contributed by atoms with E-state index >= 15 is 0 Å². The molecule has 27 heavy (non-hydrogen) atoms. The molecule has 1 aromatic heterocycles. The zero-order valence-corrected chi connectivity index (χ0v) is 16.5. The number of aromatic nitrogens is 2. The Bertz CT molecular complexity index is 945. The second kappa shape index (κ2) is 8.08. The predicted octanol–water partition coefficient (Wildman–Crippen LogP) is 1.59. The fraction of sp³-hybridized carbons (Fsp3) is 0.500. The molecular formula is C18H25N3O5S. The fourth-order valence-corrected chi connectivity index (χ4v) is 3.68. The van der Waals surface area contributed by atoms with Crippen molar-refractivity contribution in [2.24, 2.45) is 5.41 Å². The molecule has 1 aromatic carbocycles. The highest BCUT2D eigenvalue weighted by atomic mass is 32.2. The summed E-state index contributed by atoms with van der Waals surface area (Å²) >= 11 is 0. The van der Waals surface area contributed by atoms with Gasteiger partial charge in [-0.15, -0.1) is 0 Å². The number of benzene rings is 1. The second-order valence-electron chi connectivity index (χ2n) is 6.74. The Balaban J connectivity index is 2.25. The maximum atomic E-state index is 12.5. The van der Waals surface area contributed by atoms with Crippen molar-refractivity contribution in [1.29, 1.82) is 0 Å². The van der Waals surface area contributed by atoms with E-state index in [1.165, 1.54) is 0 Å². The lowest BCUT2D eigenvalue weighted by atomic mass is 9.82. The summed E-state index contributed by atoms with van der Waals surface area (Å²) in [7, 11) is -3.33. The number of aliphatic carboxylic acids is 1. The van der Waals surface area contributed by atoms with Crippen molar-refractivity contribution in [3.05, 3.63) is 30.1 Å². The fourth-order valence-electron chi connectivity index (χ4n) is 2.99. The topological polar surface area (TPSA) is 118 Å². The summed E-state index contributed by atoms with van der Waals surface area (Å²) < 4.78 is 25.0. The van der Waals surface area contributed by atoms with E-state index in [4.69, 9.17) is 0 Å². The number of sulfone groups is 1. The van der Waals surface area contributed by atoms with Crippen LogP contribution in [0.5, 0.6) is 0 Å². The molecule has 8 nitrogen and oxygen atoms in total. The number of para-hydroxylation sites is 2. The van der Waals surface area contributed by atoms with Crippen molar-refractivity contribution in [3.63, 3.8) is 0 Å². The third-order valence-electron chi connectivity index (χ3n) is 4.86. The highest BCUT2D eigenvalue weighted by Gasteiger charge is 2.35. The zero-order valence-electron chi connectivity index (χ0n) is 15.7. The number of rotatable bonds is 9. The molecule has 0 saturated carbocycles. The van der Waals surface area contributed by atoms with Gasteiger partial charge in [0.05, 0.1) is 16.4 Å². The Morgan fingerprint density at radius 3 is 2.41 bits per heavy atom. The molecule has 0 aliphatic rings. The maximum Gasteiger partial charge on any atom is 0.311 e. The molecule has 0 atom stereocenters. The van der Waals surface area contributed by atoms with E-state index in [0.29, 0.717) is 23.9 Å². The summed E-state index contributed by atoms with van der Waals surface area (Å²) in [4.78, 5) is 28.4. The van der Waals surface area contributed by atoms with Crippen LogP contribution in [0.15, 0.2) is 24.3 Å². The third-order valence-corrected chi connectivity index (χ3v) is 5.64. The van der Waals surface area contributed by atoms with Crippen LogP contribution in [0.2, 0.25) is 0 Å². The van der Waals surface area contributed by atoms with E-state index in [1.807, 2.05) is 0 Å². The number of hydrogen-bond donors (Lipinski definition) is 2. The summed E-state index contributed by atoms with van der Waals surface area (Å²) in [6.07, 6.45) is 1.90. The number of carbonyl (C=O) groups excluding carboxylic acids is 1. The number of carboxylic acids is 1. The van der Waals surface area contributed by atoms with E-state index in [0.717, 1.165) is 6.26 Å². The minimum atomic E-state index is -3.33. The smallest absolute Gasteiger partial charge is 0.311 e. The van der Waals surface area contributed by atoms with Gasteiger partial charge in [-0.2, -0.15) is 0 Å². The van der Waals surface area contributed by atoms with E-state index < -0.39 is 21.2 Å². The first-order valence-electron chi connectivity index (χ1n) is 8.74. The van der Waals surface area contributed by atoms with Crippen molar-refractivity contribution >= 4 is 32.7 Å². The molecule has 0 fully saturated rings. The Morgan fingerprint density at radius 1 is 1.22 bits per heavy atom.